The third-order valence-corrected chi connectivity index (χ3v) is 8.32. The van der Waals surface area contributed by atoms with Crippen LogP contribution in [-0.4, -0.2) is 20.7 Å². The Morgan fingerprint density at radius 2 is 2.00 bits per heavy atom. The van der Waals surface area contributed by atoms with Crippen molar-refractivity contribution in [3.8, 4) is 5.69 Å². The highest BCUT2D eigenvalue weighted by molar-refractivity contribution is 8.00. The number of thioether (sulfide) groups is 1. The van der Waals surface area contributed by atoms with Crippen LogP contribution < -0.4 is 10.9 Å². The lowest BCUT2D eigenvalue weighted by Gasteiger charge is -2.25. The molecular weight excluding hydrogens is 414 g/mol. The molecule has 2 aromatic heterocycles. The molecule has 1 aliphatic carbocycles. The number of aromatic nitrogens is 2. The SMILES string of the molecule is C=C1NC(=O)CCC1Sc1nc2sc3c(c2c(=O)n1-c1ccccc1)CCC(C)C3. The molecule has 1 aliphatic heterocycles. The van der Waals surface area contributed by atoms with Crippen molar-refractivity contribution < 1.29 is 4.79 Å². The van der Waals surface area contributed by atoms with E-state index < -0.39 is 0 Å². The van der Waals surface area contributed by atoms with Gasteiger partial charge in [-0.05, 0) is 49.3 Å². The Morgan fingerprint density at radius 3 is 2.77 bits per heavy atom. The van der Waals surface area contributed by atoms with Crippen LogP contribution in [0.5, 0.6) is 0 Å². The summed E-state index contributed by atoms with van der Waals surface area (Å²) >= 11 is 3.18. The maximum absolute atomic E-state index is 13.8. The van der Waals surface area contributed by atoms with Gasteiger partial charge in [0.25, 0.3) is 5.56 Å². The van der Waals surface area contributed by atoms with Crippen molar-refractivity contribution in [3.63, 3.8) is 0 Å². The predicted octanol–water partition coefficient (Wildman–Crippen LogP) is 4.46. The van der Waals surface area contributed by atoms with Gasteiger partial charge in [-0.15, -0.1) is 11.3 Å². The second kappa shape index (κ2) is 7.71. The van der Waals surface area contributed by atoms with Crippen molar-refractivity contribution in [2.24, 2.45) is 5.92 Å². The van der Waals surface area contributed by atoms with Gasteiger partial charge < -0.3 is 5.32 Å². The van der Waals surface area contributed by atoms with Crippen LogP contribution in [0.1, 0.15) is 36.6 Å². The predicted molar refractivity (Wildman–Crippen MR) is 123 cm³/mol. The topological polar surface area (TPSA) is 64.0 Å². The molecule has 1 aromatic carbocycles. The fraction of sp³-hybridized carbons (Fsp3) is 0.348. The van der Waals surface area contributed by atoms with Crippen molar-refractivity contribution in [3.05, 3.63) is 63.4 Å². The van der Waals surface area contributed by atoms with Gasteiger partial charge in [-0.3, -0.25) is 14.2 Å². The van der Waals surface area contributed by atoms with Crippen LogP contribution in [0.4, 0.5) is 0 Å². The summed E-state index contributed by atoms with van der Waals surface area (Å²) < 4.78 is 1.74. The highest BCUT2D eigenvalue weighted by Gasteiger charge is 2.28. The molecule has 5 nitrogen and oxygen atoms in total. The molecule has 2 atom stereocenters. The van der Waals surface area contributed by atoms with E-state index in [2.05, 4.69) is 18.8 Å². The number of thiophene rings is 1. The van der Waals surface area contributed by atoms with Crippen LogP contribution >= 0.6 is 23.1 Å². The Balaban J connectivity index is 1.68. The molecular formula is C23H23N3O2S2. The highest BCUT2D eigenvalue weighted by atomic mass is 32.2. The summed E-state index contributed by atoms with van der Waals surface area (Å²) in [5, 5.41) is 4.28. The van der Waals surface area contributed by atoms with Crippen molar-refractivity contribution in [2.45, 2.75) is 49.4 Å². The normalized spacial score (nSPS) is 21.5. The first kappa shape index (κ1) is 19.6. The van der Waals surface area contributed by atoms with Crippen molar-refractivity contribution in [1.82, 2.24) is 14.9 Å². The average Bonchev–Trinajstić information content (AvgIpc) is 3.08. The number of rotatable bonds is 3. The monoisotopic (exact) mass is 437 g/mol. The number of nitrogens with zero attached hydrogens (tertiary/aromatic N) is 2. The summed E-state index contributed by atoms with van der Waals surface area (Å²) in [4.78, 5) is 32.6. The molecule has 2 unspecified atom stereocenters. The number of carbonyl (C=O) groups is 1. The number of nitrogens with one attached hydrogen (secondary N) is 1. The molecule has 0 saturated carbocycles. The van der Waals surface area contributed by atoms with Crippen LogP contribution in [0.3, 0.4) is 0 Å². The summed E-state index contributed by atoms with van der Waals surface area (Å²) in [6.45, 7) is 6.30. The number of fused-ring (bicyclic) bond motifs is 3. The Hall–Kier alpha value is -2.38. The van der Waals surface area contributed by atoms with Crippen LogP contribution in [0.15, 0.2) is 52.6 Å². The van der Waals surface area contributed by atoms with E-state index in [0.29, 0.717) is 29.6 Å². The summed E-state index contributed by atoms with van der Waals surface area (Å²) in [6, 6.07) is 9.70. The average molecular weight is 438 g/mol. The first-order valence-electron chi connectivity index (χ1n) is 10.3. The summed E-state index contributed by atoms with van der Waals surface area (Å²) in [7, 11) is 0. The van der Waals surface area contributed by atoms with E-state index in [1.807, 2.05) is 30.3 Å². The van der Waals surface area contributed by atoms with Crippen LogP contribution in [-0.2, 0) is 17.6 Å². The van der Waals surface area contributed by atoms with Gasteiger partial charge >= 0.3 is 0 Å². The second-order valence-electron chi connectivity index (χ2n) is 8.12. The minimum atomic E-state index is -0.00313. The number of para-hydroxylation sites is 1. The maximum Gasteiger partial charge on any atom is 0.267 e. The first-order valence-corrected chi connectivity index (χ1v) is 12.0. The highest BCUT2D eigenvalue weighted by Crippen LogP contribution is 2.38. The number of carbonyl (C=O) groups excluding carboxylic acids is 1. The molecule has 0 radical (unpaired) electrons. The summed E-state index contributed by atoms with van der Waals surface area (Å²) in [5.41, 5.74) is 2.70. The Bertz CT molecular complexity index is 1210. The van der Waals surface area contributed by atoms with E-state index in [0.717, 1.165) is 35.2 Å². The molecule has 1 saturated heterocycles. The second-order valence-corrected chi connectivity index (χ2v) is 10.4. The molecule has 5 rings (SSSR count). The van der Waals surface area contributed by atoms with E-state index in [9.17, 15) is 9.59 Å². The standard InChI is InChI=1S/C23H23N3O2S2/c1-13-8-9-16-18(12-13)29-21-20(16)22(28)26(15-6-4-3-5-7-15)23(25-21)30-17-10-11-19(27)24-14(17)2/h3-7,13,17H,2,8-12H2,1H3,(H,24,27). The lowest BCUT2D eigenvalue weighted by Crippen LogP contribution is -2.34. The molecule has 2 aliphatic rings. The molecule has 1 N–H and O–H groups in total. The third-order valence-electron chi connectivity index (χ3n) is 5.88. The molecule has 3 aromatic rings. The van der Waals surface area contributed by atoms with Gasteiger partial charge in [0.1, 0.15) is 4.83 Å². The number of hydrogen-bond acceptors (Lipinski definition) is 5. The molecule has 154 valence electrons. The first-order chi connectivity index (χ1) is 14.5. The van der Waals surface area contributed by atoms with Crippen molar-refractivity contribution in [1.29, 1.82) is 0 Å². The minimum absolute atomic E-state index is 0.000706. The fourth-order valence-corrected chi connectivity index (χ4v) is 6.83. The van der Waals surface area contributed by atoms with Gasteiger partial charge in [-0.25, -0.2) is 4.98 Å². The summed E-state index contributed by atoms with van der Waals surface area (Å²) in [5.74, 6) is 0.644. The van der Waals surface area contributed by atoms with Gasteiger partial charge in [0, 0.05) is 17.0 Å². The van der Waals surface area contributed by atoms with E-state index in [1.165, 1.54) is 22.2 Å². The van der Waals surface area contributed by atoms with E-state index >= 15 is 0 Å². The fourth-order valence-electron chi connectivity index (χ4n) is 4.27. The molecule has 7 heteroatoms. The molecule has 0 spiro atoms. The molecule has 1 fully saturated rings. The third kappa shape index (κ3) is 3.40. The Labute approximate surface area is 183 Å². The summed E-state index contributed by atoms with van der Waals surface area (Å²) in [6.07, 6.45) is 4.23. The maximum atomic E-state index is 13.8. The van der Waals surface area contributed by atoms with E-state index in [4.69, 9.17) is 4.98 Å². The smallest absolute Gasteiger partial charge is 0.267 e. The quantitative estimate of drug-likeness (QED) is 0.615. The van der Waals surface area contributed by atoms with Crippen LogP contribution in [0.25, 0.3) is 15.9 Å². The number of aryl methyl sites for hydroxylation is 1. The Morgan fingerprint density at radius 1 is 1.20 bits per heavy atom. The van der Waals surface area contributed by atoms with Crippen molar-refractivity contribution >= 4 is 39.2 Å². The minimum Gasteiger partial charge on any atom is -0.329 e. The lowest BCUT2D eigenvalue weighted by molar-refractivity contribution is -0.121. The van der Waals surface area contributed by atoms with E-state index in [-0.39, 0.29) is 16.7 Å². The zero-order valence-electron chi connectivity index (χ0n) is 16.8. The molecule has 1 amide bonds. The number of piperidine rings is 1. The zero-order valence-corrected chi connectivity index (χ0v) is 18.4. The Kier molecular flexibility index (Phi) is 5.03. The van der Waals surface area contributed by atoms with Gasteiger partial charge in [0.05, 0.1) is 16.3 Å². The lowest BCUT2D eigenvalue weighted by atomic mass is 9.89. The van der Waals surface area contributed by atoms with Crippen LogP contribution in [0.2, 0.25) is 0 Å². The van der Waals surface area contributed by atoms with Gasteiger partial charge in [-0.1, -0.05) is 43.5 Å². The van der Waals surface area contributed by atoms with Gasteiger partial charge in [-0.2, -0.15) is 0 Å². The number of amides is 1. The van der Waals surface area contributed by atoms with Crippen molar-refractivity contribution in [2.75, 3.05) is 0 Å². The zero-order chi connectivity index (χ0) is 20.8. The van der Waals surface area contributed by atoms with Gasteiger partial charge in [0.2, 0.25) is 5.91 Å². The van der Waals surface area contributed by atoms with Crippen LogP contribution in [0, 0.1) is 5.92 Å². The number of benzene rings is 1. The van der Waals surface area contributed by atoms with E-state index in [1.54, 1.807) is 15.9 Å². The number of hydrogen-bond donors (Lipinski definition) is 1. The molecule has 30 heavy (non-hydrogen) atoms. The molecule has 0 bridgehead atoms. The molecule has 3 heterocycles. The van der Waals surface area contributed by atoms with Gasteiger partial charge in [0.15, 0.2) is 5.16 Å². The largest absolute Gasteiger partial charge is 0.329 e.